The van der Waals surface area contributed by atoms with Crippen molar-refractivity contribution in [3.8, 4) is 16.9 Å². The van der Waals surface area contributed by atoms with Gasteiger partial charge in [0, 0.05) is 81.5 Å². The number of nitrogens with zero attached hydrogens (tertiary/aromatic N) is 2. The number of hydrogen-bond donors (Lipinski definition) is 0. The minimum atomic E-state index is -0.0388. The number of fused-ring (bicyclic) bond motifs is 9. The molecule has 1 unspecified atom stereocenters. The minimum absolute atomic E-state index is 0.0388. The van der Waals surface area contributed by atoms with Crippen LogP contribution in [0.4, 0.5) is 11.4 Å². The molecule has 0 spiro atoms. The summed E-state index contributed by atoms with van der Waals surface area (Å²) in [6.07, 6.45) is 9.21. The molecule has 1 atom stereocenters. The molecule has 3 nitrogen and oxygen atoms in total. The predicted molar refractivity (Wildman–Crippen MR) is 221 cm³/mol. The topological polar surface area (TPSA) is 16.9 Å². The maximum atomic E-state index is 6.56. The van der Waals surface area contributed by atoms with Gasteiger partial charge in [0.15, 0.2) is 0 Å². The molecule has 52 heavy (non-hydrogen) atoms. The normalized spacial score (nSPS) is 15.7. The molecule has 9 aromatic rings. The van der Waals surface area contributed by atoms with Crippen molar-refractivity contribution in [1.29, 1.82) is 0 Å². The molecule has 4 heteroatoms. The number of rotatable bonds is 5. The predicted octanol–water partition coefficient (Wildman–Crippen LogP) is 11.4. The highest BCUT2D eigenvalue weighted by Gasteiger charge is 2.33. The van der Waals surface area contributed by atoms with Crippen molar-refractivity contribution in [1.82, 2.24) is 4.40 Å². The summed E-state index contributed by atoms with van der Waals surface area (Å²) >= 11 is 1.86. The summed E-state index contributed by atoms with van der Waals surface area (Å²) in [6, 6.07) is 46.3. The maximum Gasteiger partial charge on any atom is 0.130 e. The van der Waals surface area contributed by atoms with Gasteiger partial charge in [0.05, 0.1) is 11.0 Å². The molecule has 3 aromatic heterocycles. The molecule has 6 aromatic carbocycles. The zero-order valence-corrected chi connectivity index (χ0v) is 29.2. The Hall–Kier alpha value is -6.36. The van der Waals surface area contributed by atoms with E-state index in [1.165, 1.54) is 75.3 Å². The second-order valence-corrected chi connectivity index (χ2v) is 14.9. The highest BCUT2D eigenvalue weighted by Crippen LogP contribution is 2.46. The van der Waals surface area contributed by atoms with Gasteiger partial charge in [0.25, 0.3) is 0 Å². The van der Waals surface area contributed by atoms with Crippen LogP contribution in [0.3, 0.4) is 0 Å². The smallest absolute Gasteiger partial charge is 0.130 e. The van der Waals surface area contributed by atoms with Gasteiger partial charge in [-0.15, -0.1) is 11.3 Å². The third-order valence-corrected chi connectivity index (χ3v) is 12.1. The summed E-state index contributed by atoms with van der Waals surface area (Å²) in [6.45, 7) is 8.62. The van der Waals surface area contributed by atoms with Gasteiger partial charge in [-0.1, -0.05) is 104 Å². The Morgan fingerprint density at radius 1 is 0.692 bits per heavy atom. The van der Waals surface area contributed by atoms with Crippen molar-refractivity contribution in [3.63, 3.8) is 0 Å². The fourth-order valence-corrected chi connectivity index (χ4v) is 9.71. The van der Waals surface area contributed by atoms with Gasteiger partial charge in [-0.3, -0.25) is 0 Å². The zero-order valence-electron chi connectivity index (χ0n) is 28.3. The lowest BCUT2D eigenvalue weighted by Crippen LogP contribution is -2.25. The number of ether oxygens (including phenoxy) is 1. The molecule has 4 heterocycles. The van der Waals surface area contributed by atoms with E-state index < -0.39 is 0 Å². The lowest BCUT2D eigenvalue weighted by Gasteiger charge is -2.31. The van der Waals surface area contributed by atoms with Crippen molar-refractivity contribution in [3.05, 3.63) is 174 Å². The SMILES string of the molecule is C=C/C=c1\c(=C)n2c3ccccc3c3cc(N(C4=CC=C5c6ccccc6OC5C4)c4ccc(-c5ccc6sc7ccccc7c6c5)cc4)cc1c32. The van der Waals surface area contributed by atoms with Gasteiger partial charge in [0.1, 0.15) is 11.9 Å². The lowest BCUT2D eigenvalue weighted by molar-refractivity contribution is 0.274. The van der Waals surface area contributed by atoms with Gasteiger partial charge < -0.3 is 14.0 Å². The van der Waals surface area contributed by atoms with Crippen LogP contribution < -0.4 is 20.2 Å². The van der Waals surface area contributed by atoms with E-state index in [1.807, 2.05) is 23.5 Å². The van der Waals surface area contributed by atoms with E-state index in [0.717, 1.165) is 34.1 Å². The average Bonchev–Trinajstić information content (AvgIpc) is 3.92. The molecule has 11 rings (SSSR count). The number of anilines is 2. The molecule has 1 aliphatic heterocycles. The van der Waals surface area contributed by atoms with Crippen molar-refractivity contribution in [2.75, 3.05) is 4.90 Å². The van der Waals surface area contributed by atoms with E-state index in [2.05, 4.69) is 162 Å². The van der Waals surface area contributed by atoms with Crippen LogP contribution in [-0.2, 0) is 0 Å². The van der Waals surface area contributed by atoms with Crippen LogP contribution in [0.5, 0.6) is 5.75 Å². The fraction of sp³-hybridized carbons (Fsp3) is 0.0417. The monoisotopic (exact) mass is 684 g/mol. The summed E-state index contributed by atoms with van der Waals surface area (Å²) < 4.78 is 11.5. The van der Waals surface area contributed by atoms with E-state index in [1.54, 1.807) is 0 Å². The van der Waals surface area contributed by atoms with Crippen LogP contribution >= 0.6 is 11.3 Å². The van der Waals surface area contributed by atoms with Gasteiger partial charge in [0.2, 0.25) is 0 Å². The van der Waals surface area contributed by atoms with Gasteiger partial charge in [-0.25, -0.2) is 0 Å². The maximum absolute atomic E-state index is 6.56. The molecule has 0 saturated heterocycles. The highest BCUT2D eigenvalue weighted by molar-refractivity contribution is 7.25. The van der Waals surface area contributed by atoms with Crippen LogP contribution in [0.2, 0.25) is 0 Å². The van der Waals surface area contributed by atoms with E-state index >= 15 is 0 Å². The molecule has 0 bridgehead atoms. The first-order chi connectivity index (χ1) is 25.6. The molecule has 2 aliphatic rings. The summed E-state index contributed by atoms with van der Waals surface area (Å²) in [4.78, 5) is 2.42. The Balaban J connectivity index is 1.10. The summed E-state index contributed by atoms with van der Waals surface area (Å²) in [5.41, 5.74) is 10.6. The van der Waals surface area contributed by atoms with E-state index in [0.29, 0.717) is 0 Å². The van der Waals surface area contributed by atoms with Crippen LogP contribution in [0.25, 0.3) is 76.7 Å². The molecule has 1 aliphatic carbocycles. The minimum Gasteiger partial charge on any atom is -0.485 e. The molecule has 0 radical (unpaired) electrons. The van der Waals surface area contributed by atoms with Crippen molar-refractivity contribution in [2.24, 2.45) is 0 Å². The Kier molecular flexibility index (Phi) is 6.25. The van der Waals surface area contributed by atoms with Crippen LogP contribution in [0.1, 0.15) is 12.0 Å². The van der Waals surface area contributed by atoms with E-state index in [4.69, 9.17) is 4.74 Å². The number of benzene rings is 6. The molecule has 246 valence electrons. The standard InChI is InChI=1S/C48H32N2OS/c1-3-10-35-29(2)49-43-14-7-4-11-36(43)42-27-34(26-41(35)48(42)49)50(33-22-23-38-37-12-5-8-15-44(37)51-45(38)28-33)32-20-17-30(18-21-32)31-19-24-47-40(25-31)39-13-6-9-16-46(39)52-47/h3-27,45H,1-2,28H2/b35-10+. The zero-order chi connectivity index (χ0) is 34.5. The summed E-state index contributed by atoms with van der Waals surface area (Å²) in [5.74, 6) is 0.958. The van der Waals surface area contributed by atoms with Crippen LogP contribution in [0, 0.1) is 0 Å². The Morgan fingerprint density at radius 2 is 1.44 bits per heavy atom. The first kappa shape index (κ1) is 29.4. The van der Waals surface area contributed by atoms with Crippen LogP contribution in [0.15, 0.2) is 158 Å². The third-order valence-electron chi connectivity index (χ3n) is 11.0. The van der Waals surface area contributed by atoms with Crippen molar-refractivity contribution >= 4 is 88.3 Å². The third kappa shape index (κ3) is 4.19. The Bertz CT molecular complexity index is 3120. The number of allylic oxidation sites excluding steroid dienone is 3. The number of aromatic nitrogens is 1. The quantitative estimate of drug-likeness (QED) is 0.179. The number of thiophene rings is 1. The van der Waals surface area contributed by atoms with E-state index in [9.17, 15) is 0 Å². The summed E-state index contributed by atoms with van der Waals surface area (Å²) in [5, 5.41) is 8.31. The van der Waals surface area contributed by atoms with E-state index in [-0.39, 0.29) is 6.10 Å². The van der Waals surface area contributed by atoms with Gasteiger partial charge in [-0.2, -0.15) is 0 Å². The molecular formula is C48H32N2OS. The van der Waals surface area contributed by atoms with Crippen LogP contribution in [-0.4, -0.2) is 10.5 Å². The average molecular weight is 685 g/mol. The number of para-hydroxylation sites is 2. The second kappa shape index (κ2) is 11.1. The molecular weight excluding hydrogens is 653 g/mol. The highest BCUT2D eigenvalue weighted by atomic mass is 32.1. The van der Waals surface area contributed by atoms with Crippen molar-refractivity contribution in [2.45, 2.75) is 12.5 Å². The first-order valence-electron chi connectivity index (χ1n) is 17.7. The first-order valence-corrected chi connectivity index (χ1v) is 18.5. The van der Waals surface area contributed by atoms with Gasteiger partial charge >= 0.3 is 0 Å². The van der Waals surface area contributed by atoms with Crippen molar-refractivity contribution < 1.29 is 4.74 Å². The van der Waals surface area contributed by atoms with Gasteiger partial charge in [-0.05, 0) is 71.8 Å². The second-order valence-electron chi connectivity index (χ2n) is 13.8. The molecule has 0 amide bonds. The molecule has 0 fully saturated rings. The lowest BCUT2D eigenvalue weighted by atomic mass is 9.94. The molecule has 0 N–H and O–H groups in total. The number of hydrogen-bond acceptors (Lipinski definition) is 3. The fourth-order valence-electron chi connectivity index (χ4n) is 8.62. The molecule has 0 saturated carbocycles. The Morgan fingerprint density at radius 3 is 2.33 bits per heavy atom. The Labute approximate surface area is 304 Å². The largest absolute Gasteiger partial charge is 0.485 e. The summed E-state index contributed by atoms with van der Waals surface area (Å²) in [7, 11) is 0.